The summed E-state index contributed by atoms with van der Waals surface area (Å²) in [5, 5.41) is 9.72. The van der Waals surface area contributed by atoms with Crippen molar-refractivity contribution in [2.45, 2.75) is 13.3 Å². The lowest BCUT2D eigenvalue weighted by molar-refractivity contribution is -0.161. The van der Waals surface area contributed by atoms with Crippen molar-refractivity contribution in [2.75, 3.05) is 19.6 Å². The summed E-state index contributed by atoms with van der Waals surface area (Å²) in [5.41, 5.74) is 2.55. The van der Waals surface area contributed by atoms with E-state index in [0.29, 0.717) is 22.2 Å². The molecule has 0 amide bonds. The van der Waals surface area contributed by atoms with Gasteiger partial charge in [0.2, 0.25) is 0 Å². The molecule has 0 saturated heterocycles. The zero-order valence-electron chi connectivity index (χ0n) is 13.6. The van der Waals surface area contributed by atoms with Crippen molar-refractivity contribution in [3.05, 3.63) is 35.5 Å². The maximum Gasteiger partial charge on any atom is 0.442 e. The molecule has 7 nitrogen and oxygen atoms in total. The molecule has 0 saturated carbocycles. The standard InChI is InChI=1S/C18H15N3O4/c1-2-20-7-5-12(6-8-20)15-16-13-9-11(10-19)3-4-14(13)21(15)25-18(23)17(22)24-16/h3-5,9H,2,6-8H2,1H3. The van der Waals surface area contributed by atoms with Gasteiger partial charge in [-0.05, 0) is 36.7 Å². The second-order valence-corrected chi connectivity index (χ2v) is 5.96. The number of hydrogen-bond acceptors (Lipinski definition) is 6. The molecule has 0 N–H and O–H groups in total. The Morgan fingerprint density at radius 3 is 2.80 bits per heavy atom. The van der Waals surface area contributed by atoms with Crippen molar-refractivity contribution >= 4 is 28.4 Å². The minimum Gasteiger partial charge on any atom is -0.415 e. The molecule has 0 atom stereocenters. The van der Waals surface area contributed by atoms with Crippen molar-refractivity contribution in [3.63, 3.8) is 0 Å². The Balaban J connectivity index is 1.95. The fourth-order valence-corrected chi connectivity index (χ4v) is 3.25. The first-order chi connectivity index (χ1) is 12.1. The molecule has 2 aromatic rings. The van der Waals surface area contributed by atoms with Crippen molar-refractivity contribution in [2.24, 2.45) is 0 Å². The van der Waals surface area contributed by atoms with E-state index in [9.17, 15) is 9.59 Å². The fraction of sp³-hybridized carbons (Fsp3) is 0.278. The maximum absolute atomic E-state index is 11.8. The van der Waals surface area contributed by atoms with Crippen LogP contribution < -0.4 is 9.57 Å². The van der Waals surface area contributed by atoms with Crippen molar-refractivity contribution in [1.29, 1.82) is 5.26 Å². The van der Waals surface area contributed by atoms with E-state index in [1.54, 1.807) is 18.2 Å². The Hall–Kier alpha value is -3.11. The lowest BCUT2D eigenvalue weighted by atomic mass is 10.0. The number of aromatic nitrogens is 1. The van der Waals surface area contributed by atoms with Gasteiger partial charge in [-0.15, -0.1) is 0 Å². The Labute approximate surface area is 143 Å². The second-order valence-electron chi connectivity index (χ2n) is 5.96. The number of nitrogens with zero attached hydrogens (tertiary/aromatic N) is 3. The van der Waals surface area contributed by atoms with Gasteiger partial charge in [-0.25, -0.2) is 9.59 Å². The van der Waals surface area contributed by atoms with E-state index in [-0.39, 0.29) is 5.75 Å². The molecule has 3 heterocycles. The molecule has 1 aromatic carbocycles. The number of fused-ring (bicyclic) bond motifs is 5. The molecule has 0 spiro atoms. The van der Waals surface area contributed by atoms with Crippen LogP contribution in [0.1, 0.15) is 24.6 Å². The minimum absolute atomic E-state index is 0.277. The van der Waals surface area contributed by atoms with Gasteiger partial charge in [-0.1, -0.05) is 13.0 Å². The van der Waals surface area contributed by atoms with Gasteiger partial charge < -0.3 is 9.57 Å². The number of rotatable bonds is 2. The highest BCUT2D eigenvalue weighted by Gasteiger charge is 2.34. The second kappa shape index (κ2) is 5.76. The van der Waals surface area contributed by atoms with Crippen LogP contribution in [0.5, 0.6) is 5.75 Å². The monoisotopic (exact) mass is 337 g/mol. The molecule has 1 aromatic heterocycles. The average Bonchev–Trinajstić information content (AvgIpc) is 2.86. The van der Waals surface area contributed by atoms with Crippen LogP contribution in [-0.4, -0.2) is 41.2 Å². The number of carbonyl (C=O) groups excluding carboxylic acids is 2. The van der Waals surface area contributed by atoms with E-state index < -0.39 is 11.9 Å². The molecule has 0 unspecified atom stereocenters. The van der Waals surface area contributed by atoms with Gasteiger partial charge in [0.05, 0.1) is 17.1 Å². The van der Waals surface area contributed by atoms with Gasteiger partial charge in [-0.2, -0.15) is 9.99 Å². The number of carbonyl (C=O) groups is 2. The molecule has 4 rings (SSSR count). The molecule has 7 heteroatoms. The molecule has 0 aliphatic carbocycles. The number of likely N-dealkylation sites (N-methyl/N-ethyl adjacent to an activating group) is 1. The third-order valence-corrected chi connectivity index (χ3v) is 4.59. The van der Waals surface area contributed by atoms with Gasteiger partial charge in [0.1, 0.15) is 5.69 Å². The quantitative estimate of drug-likeness (QED) is 0.610. The molecule has 0 fully saturated rings. The summed E-state index contributed by atoms with van der Waals surface area (Å²) < 4.78 is 6.67. The van der Waals surface area contributed by atoms with E-state index in [2.05, 4.69) is 24.0 Å². The summed E-state index contributed by atoms with van der Waals surface area (Å²) in [6, 6.07) is 7.03. The molecule has 2 aliphatic heterocycles. The topological polar surface area (TPSA) is 84.6 Å². The summed E-state index contributed by atoms with van der Waals surface area (Å²) >= 11 is 0. The summed E-state index contributed by atoms with van der Waals surface area (Å²) in [7, 11) is 0. The molecule has 2 bridgehead atoms. The van der Waals surface area contributed by atoms with Crippen LogP contribution in [0.2, 0.25) is 0 Å². The SMILES string of the molecule is CCN1CC=C(c2c3c4cc(C#N)ccc4n2OC(=O)C(=O)O3)CC1. The van der Waals surface area contributed by atoms with Gasteiger partial charge in [-0.3, -0.25) is 4.90 Å². The molecular weight excluding hydrogens is 322 g/mol. The van der Waals surface area contributed by atoms with Crippen LogP contribution in [0, 0.1) is 11.3 Å². The van der Waals surface area contributed by atoms with E-state index in [0.717, 1.165) is 31.6 Å². The fourth-order valence-electron chi connectivity index (χ4n) is 3.25. The maximum atomic E-state index is 11.8. The first kappa shape index (κ1) is 15.4. The van der Waals surface area contributed by atoms with Gasteiger partial charge in [0.25, 0.3) is 0 Å². The van der Waals surface area contributed by atoms with E-state index >= 15 is 0 Å². The number of nitriles is 1. The number of hydrogen-bond donors (Lipinski definition) is 0. The molecule has 126 valence electrons. The van der Waals surface area contributed by atoms with E-state index in [1.165, 1.54) is 4.73 Å². The zero-order valence-corrected chi connectivity index (χ0v) is 13.6. The normalized spacial score (nSPS) is 17.5. The van der Waals surface area contributed by atoms with Crippen molar-refractivity contribution < 1.29 is 19.2 Å². The summed E-state index contributed by atoms with van der Waals surface area (Å²) in [6.07, 6.45) is 2.80. The highest BCUT2D eigenvalue weighted by atomic mass is 16.7. The third-order valence-electron chi connectivity index (χ3n) is 4.59. The Kier molecular flexibility index (Phi) is 3.55. The average molecular weight is 337 g/mol. The van der Waals surface area contributed by atoms with Gasteiger partial charge in [0, 0.05) is 18.5 Å². The van der Waals surface area contributed by atoms with Gasteiger partial charge >= 0.3 is 11.9 Å². The Bertz CT molecular complexity index is 980. The zero-order chi connectivity index (χ0) is 17.6. The highest BCUT2D eigenvalue weighted by molar-refractivity contribution is 6.31. The highest BCUT2D eigenvalue weighted by Crippen LogP contribution is 2.40. The van der Waals surface area contributed by atoms with Gasteiger partial charge in [0.15, 0.2) is 5.75 Å². The lowest BCUT2D eigenvalue weighted by Crippen LogP contribution is -2.30. The predicted molar refractivity (Wildman–Crippen MR) is 88.6 cm³/mol. The predicted octanol–water partition coefficient (Wildman–Crippen LogP) is 1.50. The first-order valence-electron chi connectivity index (χ1n) is 8.07. The van der Waals surface area contributed by atoms with E-state index in [4.69, 9.17) is 14.8 Å². The van der Waals surface area contributed by atoms with Crippen LogP contribution in [-0.2, 0) is 9.59 Å². The van der Waals surface area contributed by atoms with Crippen LogP contribution >= 0.6 is 0 Å². The third kappa shape index (κ3) is 2.39. The summed E-state index contributed by atoms with van der Waals surface area (Å²) in [4.78, 5) is 31.2. The van der Waals surface area contributed by atoms with Crippen molar-refractivity contribution in [3.8, 4) is 11.8 Å². The van der Waals surface area contributed by atoms with Crippen molar-refractivity contribution in [1.82, 2.24) is 9.63 Å². The van der Waals surface area contributed by atoms with Crippen LogP contribution in [0.25, 0.3) is 16.5 Å². The summed E-state index contributed by atoms with van der Waals surface area (Å²) in [6.45, 7) is 4.70. The van der Waals surface area contributed by atoms with Crippen LogP contribution in [0.3, 0.4) is 0 Å². The molecule has 2 aliphatic rings. The number of ether oxygens (including phenoxy) is 1. The molecule has 0 radical (unpaired) electrons. The smallest absolute Gasteiger partial charge is 0.415 e. The van der Waals surface area contributed by atoms with Crippen LogP contribution in [0.15, 0.2) is 24.3 Å². The largest absolute Gasteiger partial charge is 0.442 e. The Morgan fingerprint density at radius 1 is 1.28 bits per heavy atom. The summed E-state index contributed by atoms with van der Waals surface area (Å²) in [5.74, 6) is -1.84. The Morgan fingerprint density at radius 2 is 2.12 bits per heavy atom. The van der Waals surface area contributed by atoms with Crippen LogP contribution in [0.4, 0.5) is 0 Å². The number of esters is 1. The lowest BCUT2D eigenvalue weighted by Gasteiger charge is -2.25. The minimum atomic E-state index is -1.06. The molecule has 25 heavy (non-hydrogen) atoms. The first-order valence-corrected chi connectivity index (χ1v) is 8.07. The van der Waals surface area contributed by atoms with E-state index in [1.807, 2.05) is 0 Å². The number of benzene rings is 1. The molecular formula is C18H15N3O4.